The van der Waals surface area contributed by atoms with Gasteiger partial charge in [-0.2, -0.15) is 0 Å². The van der Waals surface area contributed by atoms with Crippen molar-refractivity contribution in [3.8, 4) is 11.5 Å². The lowest BCUT2D eigenvalue weighted by Crippen LogP contribution is -2.27. The number of thiocarbonyl (C=S) groups is 1. The molecule has 128 valence electrons. The van der Waals surface area contributed by atoms with Crippen LogP contribution in [0.2, 0.25) is 0 Å². The molecule has 0 radical (unpaired) electrons. The van der Waals surface area contributed by atoms with E-state index in [0.717, 1.165) is 22.7 Å². The van der Waals surface area contributed by atoms with Gasteiger partial charge in [0, 0.05) is 0 Å². The standard InChI is InChI=1S/C19H17NO3S2/c1-3-23-16-10-6-14(7-11-16)20-18(21)17(25-19(20)24)12-13-4-8-15(22-2)9-5-13/h4-12H,3H2,1-2H3/b17-12+. The molecule has 3 rings (SSSR count). The Kier molecular flexibility index (Phi) is 5.40. The van der Waals surface area contributed by atoms with Gasteiger partial charge in [-0.25, -0.2) is 0 Å². The van der Waals surface area contributed by atoms with Crippen molar-refractivity contribution in [1.29, 1.82) is 0 Å². The van der Waals surface area contributed by atoms with Gasteiger partial charge in [-0.15, -0.1) is 0 Å². The maximum absolute atomic E-state index is 12.7. The highest BCUT2D eigenvalue weighted by atomic mass is 32.2. The van der Waals surface area contributed by atoms with Gasteiger partial charge >= 0.3 is 0 Å². The minimum absolute atomic E-state index is 0.116. The first-order chi connectivity index (χ1) is 12.1. The van der Waals surface area contributed by atoms with Crippen LogP contribution in [0.4, 0.5) is 5.69 Å². The van der Waals surface area contributed by atoms with Gasteiger partial charge in [0.1, 0.15) is 11.5 Å². The number of thioether (sulfide) groups is 1. The van der Waals surface area contributed by atoms with Gasteiger partial charge in [0.2, 0.25) is 0 Å². The normalized spacial score (nSPS) is 15.8. The van der Waals surface area contributed by atoms with Gasteiger partial charge < -0.3 is 9.47 Å². The number of anilines is 1. The van der Waals surface area contributed by atoms with E-state index in [4.69, 9.17) is 21.7 Å². The van der Waals surface area contributed by atoms with E-state index in [-0.39, 0.29) is 5.91 Å². The summed E-state index contributed by atoms with van der Waals surface area (Å²) in [6, 6.07) is 14.9. The van der Waals surface area contributed by atoms with Gasteiger partial charge in [-0.3, -0.25) is 9.69 Å². The van der Waals surface area contributed by atoms with Crippen LogP contribution < -0.4 is 14.4 Å². The number of hydrogen-bond acceptors (Lipinski definition) is 5. The Labute approximate surface area is 156 Å². The number of amides is 1. The molecular weight excluding hydrogens is 354 g/mol. The maximum Gasteiger partial charge on any atom is 0.270 e. The summed E-state index contributed by atoms with van der Waals surface area (Å²) in [6.45, 7) is 2.53. The van der Waals surface area contributed by atoms with Crippen molar-refractivity contribution in [2.75, 3.05) is 18.6 Å². The Morgan fingerprint density at radius 1 is 1.08 bits per heavy atom. The first-order valence-electron chi connectivity index (χ1n) is 7.77. The molecule has 1 fully saturated rings. The molecule has 6 heteroatoms. The first-order valence-corrected chi connectivity index (χ1v) is 8.99. The quantitative estimate of drug-likeness (QED) is 0.572. The zero-order chi connectivity index (χ0) is 17.8. The van der Waals surface area contributed by atoms with Gasteiger partial charge in [-0.05, 0) is 55.0 Å². The fourth-order valence-corrected chi connectivity index (χ4v) is 3.70. The van der Waals surface area contributed by atoms with E-state index in [2.05, 4.69) is 0 Å². The molecule has 0 aliphatic carbocycles. The predicted octanol–water partition coefficient (Wildman–Crippen LogP) is 4.50. The third-order valence-corrected chi connectivity index (χ3v) is 4.92. The Balaban J connectivity index is 1.82. The number of nitrogens with zero attached hydrogens (tertiary/aromatic N) is 1. The second kappa shape index (κ2) is 7.72. The van der Waals surface area contributed by atoms with Crippen molar-refractivity contribution in [2.45, 2.75) is 6.92 Å². The number of ether oxygens (including phenoxy) is 2. The summed E-state index contributed by atoms with van der Waals surface area (Å²) in [5.74, 6) is 1.43. The van der Waals surface area contributed by atoms with E-state index in [1.807, 2.05) is 61.5 Å². The van der Waals surface area contributed by atoms with E-state index in [0.29, 0.717) is 15.8 Å². The molecule has 1 heterocycles. The average Bonchev–Trinajstić information content (AvgIpc) is 2.90. The third kappa shape index (κ3) is 3.86. The van der Waals surface area contributed by atoms with Crippen LogP contribution in [0.15, 0.2) is 53.4 Å². The molecule has 0 atom stereocenters. The summed E-state index contributed by atoms with van der Waals surface area (Å²) < 4.78 is 11.1. The van der Waals surface area contributed by atoms with Crippen LogP contribution in [0, 0.1) is 0 Å². The van der Waals surface area contributed by atoms with Crippen LogP contribution >= 0.6 is 24.0 Å². The Morgan fingerprint density at radius 3 is 2.32 bits per heavy atom. The van der Waals surface area contributed by atoms with Gasteiger partial charge in [0.05, 0.1) is 24.3 Å². The molecule has 0 saturated carbocycles. The van der Waals surface area contributed by atoms with Crippen molar-refractivity contribution in [1.82, 2.24) is 0 Å². The highest BCUT2D eigenvalue weighted by molar-refractivity contribution is 8.27. The molecule has 1 saturated heterocycles. The highest BCUT2D eigenvalue weighted by Crippen LogP contribution is 2.36. The Hall–Kier alpha value is -2.31. The van der Waals surface area contributed by atoms with Crippen LogP contribution in [0.5, 0.6) is 11.5 Å². The second-order valence-electron chi connectivity index (χ2n) is 5.22. The van der Waals surface area contributed by atoms with Crippen LogP contribution in [0.1, 0.15) is 12.5 Å². The van der Waals surface area contributed by atoms with Crippen molar-refractivity contribution in [3.63, 3.8) is 0 Å². The number of hydrogen-bond donors (Lipinski definition) is 0. The average molecular weight is 371 g/mol. The summed E-state index contributed by atoms with van der Waals surface area (Å²) in [4.78, 5) is 14.9. The number of methoxy groups -OCH3 is 1. The smallest absolute Gasteiger partial charge is 0.270 e. The first kappa shape index (κ1) is 17.5. The summed E-state index contributed by atoms with van der Waals surface area (Å²) in [5, 5.41) is 0. The third-order valence-electron chi connectivity index (χ3n) is 3.61. The predicted molar refractivity (Wildman–Crippen MR) is 106 cm³/mol. The lowest BCUT2D eigenvalue weighted by molar-refractivity contribution is -0.113. The molecule has 0 bridgehead atoms. The minimum Gasteiger partial charge on any atom is -0.497 e. The van der Waals surface area contributed by atoms with E-state index in [1.54, 1.807) is 12.0 Å². The van der Waals surface area contributed by atoms with E-state index >= 15 is 0 Å². The molecular formula is C19H17NO3S2. The number of benzene rings is 2. The highest BCUT2D eigenvalue weighted by Gasteiger charge is 2.33. The van der Waals surface area contributed by atoms with Crippen LogP contribution in [-0.4, -0.2) is 23.9 Å². The number of carbonyl (C=O) groups excluding carboxylic acids is 1. The van der Waals surface area contributed by atoms with Crippen molar-refractivity contribution in [2.24, 2.45) is 0 Å². The molecule has 1 aliphatic heterocycles. The Morgan fingerprint density at radius 2 is 1.72 bits per heavy atom. The van der Waals surface area contributed by atoms with E-state index in [9.17, 15) is 4.79 Å². The summed E-state index contributed by atoms with van der Waals surface area (Å²) in [5.41, 5.74) is 1.66. The molecule has 4 nitrogen and oxygen atoms in total. The van der Waals surface area contributed by atoms with E-state index in [1.165, 1.54) is 11.8 Å². The largest absolute Gasteiger partial charge is 0.497 e. The number of carbonyl (C=O) groups is 1. The number of rotatable bonds is 5. The Bertz CT molecular complexity index is 814. The van der Waals surface area contributed by atoms with E-state index < -0.39 is 0 Å². The molecule has 1 aliphatic rings. The monoisotopic (exact) mass is 371 g/mol. The summed E-state index contributed by atoms with van der Waals surface area (Å²) in [7, 11) is 1.62. The fourth-order valence-electron chi connectivity index (χ4n) is 2.40. The van der Waals surface area contributed by atoms with Gasteiger partial charge in [0.25, 0.3) is 5.91 Å². The van der Waals surface area contributed by atoms with Crippen LogP contribution in [0.25, 0.3) is 6.08 Å². The van der Waals surface area contributed by atoms with Crippen LogP contribution in [-0.2, 0) is 4.79 Å². The topological polar surface area (TPSA) is 38.8 Å². The lowest BCUT2D eigenvalue weighted by atomic mass is 10.2. The van der Waals surface area contributed by atoms with Crippen molar-refractivity contribution < 1.29 is 14.3 Å². The second-order valence-corrected chi connectivity index (χ2v) is 6.89. The zero-order valence-electron chi connectivity index (χ0n) is 13.9. The minimum atomic E-state index is -0.116. The molecule has 0 aromatic heterocycles. The molecule has 1 amide bonds. The molecule has 25 heavy (non-hydrogen) atoms. The van der Waals surface area contributed by atoms with Gasteiger partial charge in [0.15, 0.2) is 4.32 Å². The maximum atomic E-state index is 12.7. The molecule has 2 aromatic rings. The molecule has 2 aromatic carbocycles. The molecule has 0 unspecified atom stereocenters. The molecule has 0 N–H and O–H groups in total. The summed E-state index contributed by atoms with van der Waals surface area (Å²) in [6.07, 6.45) is 1.84. The van der Waals surface area contributed by atoms with Gasteiger partial charge in [-0.1, -0.05) is 36.1 Å². The zero-order valence-corrected chi connectivity index (χ0v) is 15.5. The lowest BCUT2D eigenvalue weighted by Gasteiger charge is -2.15. The SMILES string of the molecule is CCOc1ccc(N2C(=O)/C(=C\c3ccc(OC)cc3)SC2=S)cc1. The summed E-state index contributed by atoms with van der Waals surface area (Å²) >= 11 is 6.69. The molecule has 0 spiro atoms. The van der Waals surface area contributed by atoms with Crippen molar-refractivity contribution >= 4 is 46.0 Å². The van der Waals surface area contributed by atoms with Crippen molar-refractivity contribution in [3.05, 3.63) is 59.0 Å². The van der Waals surface area contributed by atoms with Crippen LogP contribution in [0.3, 0.4) is 0 Å². The fraction of sp³-hybridized carbons (Fsp3) is 0.158.